The zero-order chi connectivity index (χ0) is 23.3. The van der Waals surface area contributed by atoms with Crippen LogP contribution in [0, 0.1) is 0 Å². The molecule has 4 amide bonds. The van der Waals surface area contributed by atoms with Crippen molar-refractivity contribution in [3.8, 4) is 0 Å². The Morgan fingerprint density at radius 3 is 2.09 bits per heavy atom. The third-order valence-corrected chi connectivity index (χ3v) is 4.63. The highest BCUT2D eigenvalue weighted by Crippen LogP contribution is 2.12. The number of amides is 4. The summed E-state index contributed by atoms with van der Waals surface area (Å²) in [6.45, 7) is 0.343. The van der Waals surface area contributed by atoms with Gasteiger partial charge in [-0.1, -0.05) is 30.3 Å². The summed E-state index contributed by atoms with van der Waals surface area (Å²) in [5, 5.41) is 16.8. The van der Waals surface area contributed by atoms with Gasteiger partial charge in [-0.2, -0.15) is 0 Å². The summed E-state index contributed by atoms with van der Waals surface area (Å²) in [6.07, 6.45) is 0.799. The first-order valence-corrected chi connectivity index (χ1v) is 10.3. The number of carbonyl (C=O) groups is 4. The Kier molecular flexibility index (Phi) is 9.70. The average molecular weight is 441 g/mol. The fourth-order valence-electron chi connectivity index (χ4n) is 2.80. The van der Waals surface area contributed by atoms with Crippen LogP contribution in [-0.4, -0.2) is 54.0 Å². The molecular formula is C23H28N4O5. The van der Waals surface area contributed by atoms with Crippen LogP contribution >= 0.6 is 0 Å². The van der Waals surface area contributed by atoms with Crippen molar-refractivity contribution in [3.63, 3.8) is 0 Å². The second-order valence-electron chi connectivity index (χ2n) is 7.20. The highest BCUT2D eigenvalue weighted by molar-refractivity contribution is 5.99. The minimum Gasteiger partial charge on any atom is -0.481 e. The van der Waals surface area contributed by atoms with Crippen molar-refractivity contribution in [2.24, 2.45) is 0 Å². The van der Waals surface area contributed by atoms with Crippen LogP contribution in [0.1, 0.15) is 24.8 Å². The molecule has 0 aromatic heterocycles. The van der Waals surface area contributed by atoms with Gasteiger partial charge < -0.3 is 26.0 Å². The summed E-state index contributed by atoms with van der Waals surface area (Å²) >= 11 is 0. The minimum absolute atomic E-state index is 0.111. The molecule has 0 heterocycles. The number of urea groups is 1. The number of carboxylic acid groups (broad SMARTS) is 1. The number of hydrogen-bond acceptors (Lipinski definition) is 4. The molecule has 0 unspecified atom stereocenters. The van der Waals surface area contributed by atoms with Gasteiger partial charge in [0.15, 0.2) is 0 Å². The molecule has 0 fully saturated rings. The fraction of sp³-hybridized carbons (Fsp3) is 0.304. The van der Waals surface area contributed by atoms with Gasteiger partial charge in [0.1, 0.15) is 0 Å². The maximum atomic E-state index is 12.0. The Bertz CT molecular complexity index is 916. The van der Waals surface area contributed by atoms with Gasteiger partial charge in [-0.05, 0) is 36.2 Å². The lowest BCUT2D eigenvalue weighted by Crippen LogP contribution is -2.33. The highest BCUT2D eigenvalue weighted by Gasteiger charge is 2.11. The van der Waals surface area contributed by atoms with Crippen molar-refractivity contribution in [1.29, 1.82) is 0 Å². The van der Waals surface area contributed by atoms with Gasteiger partial charge in [0.2, 0.25) is 11.8 Å². The largest absolute Gasteiger partial charge is 0.481 e. The lowest BCUT2D eigenvalue weighted by atomic mass is 10.1. The first-order valence-electron chi connectivity index (χ1n) is 10.3. The Morgan fingerprint density at radius 2 is 1.47 bits per heavy atom. The van der Waals surface area contributed by atoms with Crippen LogP contribution in [0.3, 0.4) is 0 Å². The molecule has 0 bridgehead atoms. The van der Waals surface area contributed by atoms with E-state index in [1.807, 2.05) is 30.3 Å². The summed E-state index contributed by atoms with van der Waals surface area (Å²) in [7, 11) is 1.54. The van der Waals surface area contributed by atoms with Gasteiger partial charge in [-0.25, -0.2) is 4.79 Å². The van der Waals surface area contributed by atoms with Crippen molar-refractivity contribution in [2.75, 3.05) is 30.8 Å². The SMILES string of the molecule is CN(CCC(=O)O)C(=O)CCNC(=O)CCc1ccc(NC(=O)Nc2ccccc2)cc1. The third-order valence-electron chi connectivity index (χ3n) is 4.63. The van der Waals surface area contributed by atoms with Crippen molar-refractivity contribution >= 4 is 35.2 Å². The molecule has 9 nitrogen and oxygen atoms in total. The number of carboxylic acids is 1. The molecule has 170 valence electrons. The van der Waals surface area contributed by atoms with Crippen LogP contribution in [0.25, 0.3) is 0 Å². The molecule has 0 aliphatic heterocycles. The number of aliphatic carboxylic acids is 1. The van der Waals surface area contributed by atoms with Gasteiger partial charge in [0, 0.05) is 44.4 Å². The van der Waals surface area contributed by atoms with E-state index in [2.05, 4.69) is 16.0 Å². The maximum absolute atomic E-state index is 12.0. The van der Waals surface area contributed by atoms with E-state index in [-0.39, 0.29) is 50.2 Å². The second-order valence-corrected chi connectivity index (χ2v) is 7.20. The van der Waals surface area contributed by atoms with E-state index >= 15 is 0 Å². The first-order chi connectivity index (χ1) is 15.3. The van der Waals surface area contributed by atoms with E-state index in [1.54, 1.807) is 24.3 Å². The number of aryl methyl sites for hydroxylation is 1. The van der Waals surface area contributed by atoms with Gasteiger partial charge in [0.25, 0.3) is 0 Å². The zero-order valence-electron chi connectivity index (χ0n) is 18.0. The van der Waals surface area contributed by atoms with Gasteiger partial charge in [-0.15, -0.1) is 0 Å². The number of para-hydroxylation sites is 1. The molecule has 32 heavy (non-hydrogen) atoms. The highest BCUT2D eigenvalue weighted by atomic mass is 16.4. The van der Waals surface area contributed by atoms with Crippen LogP contribution in [-0.2, 0) is 20.8 Å². The summed E-state index contributed by atoms with van der Waals surface area (Å²) in [4.78, 5) is 47.8. The number of benzene rings is 2. The number of nitrogens with zero attached hydrogens (tertiary/aromatic N) is 1. The second kappa shape index (κ2) is 12.7. The molecule has 2 aromatic carbocycles. The quantitative estimate of drug-likeness (QED) is 0.427. The van der Waals surface area contributed by atoms with Crippen molar-refractivity contribution in [3.05, 3.63) is 60.2 Å². The Labute approximate surface area is 186 Å². The summed E-state index contributed by atoms with van der Waals surface area (Å²) < 4.78 is 0. The topological polar surface area (TPSA) is 128 Å². The van der Waals surface area contributed by atoms with E-state index in [0.29, 0.717) is 17.8 Å². The molecule has 0 saturated carbocycles. The normalized spacial score (nSPS) is 10.2. The van der Waals surface area contributed by atoms with Crippen LogP contribution in [0.2, 0.25) is 0 Å². The molecule has 0 radical (unpaired) electrons. The predicted molar refractivity (Wildman–Crippen MR) is 121 cm³/mol. The number of rotatable bonds is 11. The molecule has 0 saturated heterocycles. The molecule has 4 N–H and O–H groups in total. The van der Waals surface area contributed by atoms with Crippen molar-refractivity contribution in [2.45, 2.75) is 25.7 Å². The average Bonchev–Trinajstić information content (AvgIpc) is 2.77. The van der Waals surface area contributed by atoms with Crippen molar-refractivity contribution < 1.29 is 24.3 Å². The van der Waals surface area contributed by atoms with Crippen LogP contribution < -0.4 is 16.0 Å². The molecule has 2 aromatic rings. The molecule has 0 aliphatic carbocycles. The number of anilines is 2. The Balaban J connectivity index is 1.66. The van der Waals surface area contributed by atoms with Gasteiger partial charge in [-0.3, -0.25) is 14.4 Å². The van der Waals surface area contributed by atoms with E-state index in [1.165, 1.54) is 11.9 Å². The zero-order valence-corrected chi connectivity index (χ0v) is 18.0. The molecule has 0 spiro atoms. The molecule has 9 heteroatoms. The fourth-order valence-corrected chi connectivity index (χ4v) is 2.80. The van der Waals surface area contributed by atoms with E-state index < -0.39 is 5.97 Å². The molecule has 0 aliphatic rings. The summed E-state index contributed by atoms with van der Waals surface area (Å²) in [5.41, 5.74) is 2.28. The number of carbonyl (C=O) groups excluding carboxylic acids is 3. The Morgan fingerprint density at radius 1 is 0.844 bits per heavy atom. The van der Waals surface area contributed by atoms with Crippen LogP contribution in [0.5, 0.6) is 0 Å². The number of nitrogens with one attached hydrogen (secondary N) is 3. The standard InChI is InChI=1S/C23H28N4O5/c1-27(16-14-22(30)31)21(29)13-15-24-20(28)12-9-17-7-10-19(11-8-17)26-23(32)25-18-5-3-2-4-6-18/h2-8,10-11H,9,12-16H2,1H3,(H,24,28)(H,30,31)(H2,25,26,32). The van der Waals surface area contributed by atoms with Gasteiger partial charge in [0.05, 0.1) is 6.42 Å². The monoisotopic (exact) mass is 440 g/mol. The molecular weight excluding hydrogens is 412 g/mol. The van der Waals surface area contributed by atoms with Gasteiger partial charge >= 0.3 is 12.0 Å². The van der Waals surface area contributed by atoms with E-state index in [9.17, 15) is 19.2 Å². The maximum Gasteiger partial charge on any atom is 0.323 e. The molecule has 2 rings (SSSR count). The summed E-state index contributed by atoms with van der Waals surface area (Å²) in [6, 6.07) is 16.0. The number of hydrogen-bond donors (Lipinski definition) is 4. The predicted octanol–water partition coefficient (Wildman–Crippen LogP) is 2.70. The first kappa shape index (κ1) is 24.4. The Hall–Kier alpha value is -3.88. The third kappa shape index (κ3) is 9.29. The minimum atomic E-state index is -0.961. The van der Waals surface area contributed by atoms with Crippen LogP contribution in [0.15, 0.2) is 54.6 Å². The van der Waals surface area contributed by atoms with Crippen molar-refractivity contribution in [1.82, 2.24) is 10.2 Å². The lowest BCUT2D eigenvalue weighted by molar-refractivity contribution is -0.138. The van der Waals surface area contributed by atoms with E-state index in [0.717, 1.165) is 5.56 Å². The van der Waals surface area contributed by atoms with E-state index in [4.69, 9.17) is 5.11 Å². The smallest absolute Gasteiger partial charge is 0.323 e. The molecule has 0 atom stereocenters. The summed E-state index contributed by atoms with van der Waals surface area (Å²) in [5.74, 6) is -1.35. The lowest BCUT2D eigenvalue weighted by Gasteiger charge is -2.16. The van der Waals surface area contributed by atoms with Crippen LogP contribution in [0.4, 0.5) is 16.2 Å².